The first-order chi connectivity index (χ1) is 10.4. The van der Waals surface area contributed by atoms with Crippen molar-refractivity contribution >= 4 is 12.1 Å². The molecule has 0 bridgehead atoms. The van der Waals surface area contributed by atoms with Gasteiger partial charge in [0.1, 0.15) is 5.60 Å². The van der Waals surface area contributed by atoms with Gasteiger partial charge in [-0.2, -0.15) is 5.26 Å². The molecule has 0 fully saturated rings. The highest BCUT2D eigenvalue weighted by Gasteiger charge is 2.53. The molecule has 0 aliphatic carbocycles. The molecule has 11 nitrogen and oxygen atoms in total. The largest absolute Gasteiger partial charge is 0.444 e. The molecule has 0 saturated carbocycles. The van der Waals surface area contributed by atoms with Crippen LogP contribution in [0.4, 0.5) is 4.79 Å². The number of hydrazine groups is 1. The van der Waals surface area contributed by atoms with Crippen LogP contribution < -0.4 is 11.1 Å². The molecule has 0 aliphatic rings. The minimum absolute atomic E-state index is 0.0499. The first-order valence-corrected chi connectivity index (χ1v) is 6.78. The zero-order valence-corrected chi connectivity index (χ0v) is 13.5. The number of hydrogen-bond donors (Lipinski definition) is 4. The summed E-state index contributed by atoms with van der Waals surface area (Å²) in [6.07, 6.45) is -3.09. The van der Waals surface area contributed by atoms with E-state index < -0.39 is 34.5 Å². The van der Waals surface area contributed by atoms with E-state index in [4.69, 9.17) is 21.1 Å². The predicted octanol–water partition coefficient (Wildman–Crippen LogP) is 0.279. The summed E-state index contributed by atoms with van der Waals surface area (Å²) in [5, 5.41) is 38.7. The number of nitriles is 1. The zero-order valence-electron chi connectivity index (χ0n) is 13.5. The molecule has 0 aromatic heterocycles. The number of aliphatic hydroxyl groups excluding tert-OH is 1. The SMILES string of the molecule is CCCC(NC(=O)OC(C)(C)C)([C@H](O)C#N)N(C(=N)N)[N+](=O)[O-]. The predicted molar refractivity (Wildman–Crippen MR) is 79.4 cm³/mol. The van der Waals surface area contributed by atoms with Gasteiger partial charge in [-0.15, -0.1) is 0 Å². The number of nitro groups is 1. The third kappa shape index (κ3) is 5.26. The minimum atomic E-state index is -2.23. The Labute approximate surface area is 133 Å². The lowest BCUT2D eigenvalue weighted by Crippen LogP contribution is -2.71. The quantitative estimate of drug-likeness (QED) is 0.134. The second kappa shape index (κ2) is 7.59. The van der Waals surface area contributed by atoms with Crippen LogP contribution in [0.5, 0.6) is 0 Å². The van der Waals surface area contributed by atoms with Crippen molar-refractivity contribution in [2.45, 2.75) is 57.9 Å². The average Bonchev–Trinajstić information content (AvgIpc) is 2.34. The topological polar surface area (TPSA) is 179 Å². The van der Waals surface area contributed by atoms with E-state index in [1.54, 1.807) is 27.7 Å². The highest BCUT2D eigenvalue weighted by atomic mass is 16.7. The molecule has 23 heavy (non-hydrogen) atoms. The number of carbonyl (C=O) groups excluding carboxylic acids is 1. The third-order valence-corrected chi connectivity index (χ3v) is 2.69. The molecule has 1 amide bonds. The van der Waals surface area contributed by atoms with Gasteiger partial charge in [0.05, 0.1) is 6.07 Å². The van der Waals surface area contributed by atoms with Gasteiger partial charge in [0.2, 0.25) is 5.66 Å². The number of rotatable bonds is 6. The highest BCUT2D eigenvalue weighted by Crippen LogP contribution is 2.24. The fourth-order valence-corrected chi connectivity index (χ4v) is 1.96. The number of aliphatic hydroxyl groups is 1. The Morgan fingerprint density at radius 2 is 2.13 bits per heavy atom. The van der Waals surface area contributed by atoms with Crippen molar-refractivity contribution in [1.82, 2.24) is 10.3 Å². The maximum absolute atomic E-state index is 12.0. The Hall–Kier alpha value is -2.61. The number of alkyl carbamates (subject to hydrolysis) is 1. The second-order valence-electron chi connectivity index (χ2n) is 5.77. The number of nitrogens with one attached hydrogen (secondary N) is 2. The van der Waals surface area contributed by atoms with Gasteiger partial charge >= 0.3 is 6.09 Å². The molecule has 11 heteroatoms. The fraction of sp³-hybridized carbons (Fsp3) is 0.750. The van der Waals surface area contributed by atoms with E-state index in [0.29, 0.717) is 0 Å². The average molecular weight is 330 g/mol. The van der Waals surface area contributed by atoms with Crippen molar-refractivity contribution in [3.63, 3.8) is 0 Å². The smallest absolute Gasteiger partial charge is 0.409 e. The number of ether oxygens (including phenoxy) is 1. The lowest BCUT2D eigenvalue weighted by Gasteiger charge is -2.38. The van der Waals surface area contributed by atoms with Gasteiger partial charge in [0, 0.05) is 0 Å². The van der Waals surface area contributed by atoms with Crippen LogP contribution in [0.2, 0.25) is 0 Å². The summed E-state index contributed by atoms with van der Waals surface area (Å²) in [6, 6.07) is 1.44. The van der Waals surface area contributed by atoms with E-state index in [2.05, 4.69) is 5.32 Å². The molecule has 0 heterocycles. The zero-order chi connectivity index (χ0) is 18.4. The normalized spacial score (nSPS) is 14.8. The van der Waals surface area contributed by atoms with E-state index in [0.717, 1.165) is 0 Å². The minimum Gasteiger partial charge on any atom is -0.444 e. The van der Waals surface area contributed by atoms with Crippen molar-refractivity contribution in [2.24, 2.45) is 5.73 Å². The molecule has 0 aromatic rings. The van der Waals surface area contributed by atoms with Crippen molar-refractivity contribution in [1.29, 1.82) is 10.7 Å². The molecule has 0 aromatic carbocycles. The summed E-state index contributed by atoms with van der Waals surface area (Å²) in [6.45, 7) is 6.34. The van der Waals surface area contributed by atoms with Gasteiger partial charge in [-0.25, -0.2) is 14.9 Å². The molecule has 1 unspecified atom stereocenters. The number of nitrogens with zero attached hydrogens (tertiary/aromatic N) is 3. The second-order valence-corrected chi connectivity index (χ2v) is 5.77. The molecule has 0 spiro atoms. The molecular weight excluding hydrogens is 308 g/mol. The Bertz CT molecular complexity index is 497. The van der Waals surface area contributed by atoms with E-state index in [9.17, 15) is 20.0 Å². The van der Waals surface area contributed by atoms with Crippen molar-refractivity contribution in [3.8, 4) is 6.07 Å². The van der Waals surface area contributed by atoms with Gasteiger partial charge in [-0.05, 0) is 32.2 Å². The van der Waals surface area contributed by atoms with Crippen LogP contribution >= 0.6 is 0 Å². The fourth-order valence-electron chi connectivity index (χ4n) is 1.96. The molecule has 2 atom stereocenters. The molecular formula is C12H22N6O5. The van der Waals surface area contributed by atoms with Crippen LogP contribution in [0.1, 0.15) is 40.5 Å². The standard InChI is InChI=1S/C12H22N6O5/c1-5-6-12(8(19)7-13,17(9(14)15)18(21)22)16-10(20)23-11(2,3)4/h8,19H,5-6H2,1-4H3,(H3,14,15)(H,16,20)/t8-,12?/m1/s1. The highest BCUT2D eigenvalue weighted by molar-refractivity contribution is 5.76. The Kier molecular flexibility index (Phi) is 6.73. The van der Waals surface area contributed by atoms with Crippen molar-refractivity contribution in [2.75, 3.05) is 0 Å². The van der Waals surface area contributed by atoms with Crippen LogP contribution in [-0.2, 0) is 4.74 Å². The molecule has 5 N–H and O–H groups in total. The van der Waals surface area contributed by atoms with E-state index >= 15 is 0 Å². The van der Waals surface area contributed by atoms with Gasteiger partial charge in [-0.1, -0.05) is 13.3 Å². The van der Waals surface area contributed by atoms with Crippen LogP contribution in [0.15, 0.2) is 0 Å². The molecule has 130 valence electrons. The lowest BCUT2D eigenvalue weighted by atomic mass is 9.97. The summed E-state index contributed by atoms with van der Waals surface area (Å²) < 4.78 is 5.01. The first-order valence-electron chi connectivity index (χ1n) is 6.78. The Morgan fingerprint density at radius 3 is 2.43 bits per heavy atom. The van der Waals surface area contributed by atoms with E-state index in [1.807, 2.05) is 0 Å². The number of nitrogens with two attached hydrogens (primary N) is 1. The summed E-state index contributed by atoms with van der Waals surface area (Å²) in [5.41, 5.74) is 2.06. The number of amides is 1. The van der Waals surface area contributed by atoms with E-state index in [-0.39, 0.29) is 17.9 Å². The summed E-state index contributed by atoms with van der Waals surface area (Å²) >= 11 is 0. The van der Waals surface area contributed by atoms with Crippen LogP contribution in [-0.4, -0.2) is 44.6 Å². The molecule has 0 radical (unpaired) electrons. The molecule has 0 rings (SSSR count). The molecule has 0 aliphatic heterocycles. The van der Waals surface area contributed by atoms with Gasteiger partial charge in [0.25, 0.3) is 5.96 Å². The van der Waals surface area contributed by atoms with Crippen LogP contribution in [0.3, 0.4) is 0 Å². The summed E-state index contributed by atoms with van der Waals surface area (Å²) in [4.78, 5) is 23.3. The molecule has 0 saturated heterocycles. The van der Waals surface area contributed by atoms with E-state index in [1.165, 1.54) is 6.07 Å². The van der Waals surface area contributed by atoms with Gasteiger partial charge < -0.3 is 15.6 Å². The number of hydrogen-bond acceptors (Lipinski definition) is 7. The Balaban J connectivity index is 5.95. The van der Waals surface area contributed by atoms with Gasteiger partial charge in [-0.3, -0.25) is 10.7 Å². The Morgan fingerprint density at radius 1 is 1.61 bits per heavy atom. The maximum atomic E-state index is 12.0. The monoisotopic (exact) mass is 330 g/mol. The first kappa shape index (κ1) is 20.4. The number of guanidine groups is 1. The third-order valence-electron chi connectivity index (χ3n) is 2.69. The van der Waals surface area contributed by atoms with Crippen LogP contribution in [0.25, 0.3) is 0 Å². The maximum Gasteiger partial charge on any atom is 0.409 e. The lowest BCUT2D eigenvalue weighted by molar-refractivity contribution is -0.653. The number of carbonyl (C=O) groups is 1. The van der Waals surface area contributed by atoms with Crippen molar-refractivity contribution in [3.05, 3.63) is 10.1 Å². The van der Waals surface area contributed by atoms with Gasteiger partial charge in [0.15, 0.2) is 11.1 Å². The summed E-state index contributed by atoms with van der Waals surface area (Å²) in [7, 11) is 0. The van der Waals surface area contributed by atoms with Crippen molar-refractivity contribution < 1.29 is 19.7 Å². The van der Waals surface area contributed by atoms with Crippen LogP contribution in [0, 0.1) is 26.9 Å². The summed E-state index contributed by atoms with van der Waals surface area (Å²) in [5.74, 6) is -1.05.